The molecule has 0 aliphatic heterocycles. The number of H-pyrrole nitrogens is 1. The molecule has 3 heterocycles. The van der Waals surface area contributed by atoms with E-state index in [4.69, 9.17) is 20.0 Å². The second-order valence-electron chi connectivity index (χ2n) is 9.77. The third-order valence-electron chi connectivity index (χ3n) is 7.50. The van der Waals surface area contributed by atoms with E-state index in [1.807, 2.05) is 0 Å². The molecule has 9 heteroatoms. The lowest BCUT2D eigenvalue weighted by Gasteiger charge is -2.36. The molecule has 3 aromatic heterocycles. The van der Waals surface area contributed by atoms with Gasteiger partial charge >= 0.3 is 11.3 Å². The van der Waals surface area contributed by atoms with Gasteiger partial charge in [-0.25, -0.2) is 9.78 Å². The number of nitrogen functional groups attached to an aromatic ring is 1. The highest BCUT2D eigenvalue weighted by atomic mass is 32.1. The Morgan fingerprint density at radius 2 is 2.09 bits per heavy atom. The molecular weight excluding hydrogens is 464 g/mol. The number of ether oxygens (including phenoxy) is 1. The Labute approximate surface area is 206 Å². The van der Waals surface area contributed by atoms with Crippen LogP contribution < -0.4 is 20.8 Å². The van der Waals surface area contributed by atoms with Crippen LogP contribution in [0.1, 0.15) is 60.2 Å². The molecule has 0 amide bonds. The van der Waals surface area contributed by atoms with Crippen molar-refractivity contribution in [2.75, 3.05) is 12.8 Å². The summed E-state index contributed by atoms with van der Waals surface area (Å²) in [5, 5.41) is 3.28. The molecule has 1 atom stereocenters. The number of carbonyl (C=O) groups excluding carboxylic acids is 1. The minimum absolute atomic E-state index is 0.150. The smallest absolute Gasteiger partial charge is 0.439 e. The number of thiophene rings is 1. The van der Waals surface area contributed by atoms with Crippen LogP contribution in [0, 0.1) is 11.3 Å². The summed E-state index contributed by atoms with van der Waals surface area (Å²) in [7, 11) is 1.57. The number of aryl methyl sites for hydroxylation is 1. The predicted molar refractivity (Wildman–Crippen MR) is 134 cm³/mol. The van der Waals surface area contributed by atoms with Crippen molar-refractivity contribution in [2.24, 2.45) is 11.3 Å². The minimum Gasteiger partial charge on any atom is -0.497 e. The molecule has 1 aromatic carbocycles. The van der Waals surface area contributed by atoms with Gasteiger partial charge in [-0.1, -0.05) is 27.2 Å². The topological polar surface area (TPSA) is 115 Å². The lowest BCUT2D eigenvalue weighted by Crippen LogP contribution is -2.41. The molecule has 1 aliphatic rings. The number of aromatic nitrogens is 3. The van der Waals surface area contributed by atoms with E-state index < -0.39 is 11.4 Å². The van der Waals surface area contributed by atoms with Crippen LogP contribution in [-0.4, -0.2) is 23.1 Å². The predicted octanol–water partition coefficient (Wildman–Crippen LogP) is 4.22. The molecule has 8 nitrogen and oxygen atoms in total. The fourth-order valence-corrected chi connectivity index (χ4v) is 5.84. The summed E-state index contributed by atoms with van der Waals surface area (Å²) in [6.07, 6.45) is 4.09. The number of benzene rings is 1. The first-order chi connectivity index (χ1) is 16.7. The van der Waals surface area contributed by atoms with Crippen LogP contribution in [0.15, 0.2) is 39.6 Å². The summed E-state index contributed by atoms with van der Waals surface area (Å²) in [6.45, 7) is 6.89. The van der Waals surface area contributed by atoms with Crippen molar-refractivity contribution in [3.05, 3.63) is 62.6 Å². The van der Waals surface area contributed by atoms with Crippen LogP contribution in [0.3, 0.4) is 0 Å². The molecule has 3 N–H and O–H groups in total. The van der Waals surface area contributed by atoms with Gasteiger partial charge in [-0.2, -0.15) is 0 Å². The molecule has 0 fully saturated rings. The fourth-order valence-electron chi connectivity index (χ4n) is 4.80. The quantitative estimate of drug-likeness (QED) is 0.307. The van der Waals surface area contributed by atoms with Crippen molar-refractivity contribution in [3.8, 4) is 11.4 Å². The Morgan fingerprint density at radius 1 is 1.34 bits per heavy atom. The van der Waals surface area contributed by atoms with Crippen molar-refractivity contribution < 1.29 is 18.7 Å². The van der Waals surface area contributed by atoms with Gasteiger partial charge in [-0.15, -0.1) is 11.3 Å². The van der Waals surface area contributed by atoms with Gasteiger partial charge in [0.15, 0.2) is 0 Å². The van der Waals surface area contributed by atoms with Crippen LogP contribution >= 0.6 is 11.3 Å². The third kappa shape index (κ3) is 3.93. The Morgan fingerprint density at radius 3 is 2.77 bits per heavy atom. The van der Waals surface area contributed by atoms with E-state index in [1.165, 1.54) is 21.6 Å². The second-order valence-corrected chi connectivity index (χ2v) is 10.8. The lowest BCUT2D eigenvalue weighted by atomic mass is 9.69. The van der Waals surface area contributed by atoms with Crippen LogP contribution in [0.4, 0.5) is 5.69 Å². The Hall–Kier alpha value is -3.46. The fraction of sp³-hybridized carbons (Fsp3) is 0.385. The molecule has 4 aromatic rings. The molecule has 0 saturated heterocycles. The summed E-state index contributed by atoms with van der Waals surface area (Å²) in [4.78, 5) is 32.0. The number of anilines is 1. The van der Waals surface area contributed by atoms with Crippen molar-refractivity contribution in [3.63, 3.8) is 0 Å². The molecule has 1 unspecified atom stereocenters. The summed E-state index contributed by atoms with van der Waals surface area (Å²) in [6, 6.07) is 9.00. The molecule has 182 valence electrons. The van der Waals surface area contributed by atoms with Gasteiger partial charge in [0.1, 0.15) is 15.5 Å². The van der Waals surface area contributed by atoms with Crippen LogP contribution in [-0.2, 0) is 12.8 Å². The standard InChI is InChI=1S/C26H28N4O4S/c1-5-26(2,3)15-6-11-19-14(12-15)13-18-20(27)23(35-24(18)28-19)22(31)21-25(32)34-29-30(21)16-7-9-17(33-4)10-8-16/h7-10,13,15H,5-6,11-12H2,1-4H3,(H2-,27,29,31,32)/p+1. The van der Waals surface area contributed by atoms with Gasteiger partial charge in [-0.05, 0) is 64.3 Å². The van der Waals surface area contributed by atoms with E-state index in [9.17, 15) is 9.59 Å². The van der Waals surface area contributed by atoms with E-state index in [0.717, 1.165) is 36.8 Å². The average molecular weight is 494 g/mol. The molecule has 35 heavy (non-hydrogen) atoms. The summed E-state index contributed by atoms with van der Waals surface area (Å²) < 4.78 is 11.5. The zero-order valence-electron chi connectivity index (χ0n) is 20.3. The highest BCUT2D eigenvalue weighted by Gasteiger charge is 2.36. The normalized spacial score (nSPS) is 15.8. The Bertz CT molecular complexity index is 1480. The Balaban J connectivity index is 1.54. The van der Waals surface area contributed by atoms with Crippen LogP contribution in [0.25, 0.3) is 15.9 Å². The number of fused-ring (bicyclic) bond motifs is 2. The van der Waals surface area contributed by atoms with Crippen LogP contribution in [0.5, 0.6) is 5.75 Å². The number of methoxy groups -OCH3 is 1. The van der Waals surface area contributed by atoms with E-state index in [-0.39, 0.29) is 16.0 Å². The SMILES string of the molecule is CCC(C)(C)C1CCc2nc3sc(C(=O)c4c(=O)o[nH][n+]4-c4ccc(OC)cc4)c(N)c3cc2C1. The monoisotopic (exact) mass is 493 g/mol. The maximum absolute atomic E-state index is 13.6. The van der Waals surface area contributed by atoms with Gasteiger partial charge in [0.2, 0.25) is 5.69 Å². The highest BCUT2D eigenvalue weighted by Crippen LogP contribution is 2.42. The zero-order chi connectivity index (χ0) is 24.9. The minimum atomic E-state index is -0.764. The van der Waals surface area contributed by atoms with Crippen LogP contribution in [0.2, 0.25) is 0 Å². The number of ketones is 1. The van der Waals surface area contributed by atoms with Crippen molar-refractivity contribution in [1.82, 2.24) is 10.3 Å². The van der Waals surface area contributed by atoms with E-state index >= 15 is 0 Å². The molecule has 0 bridgehead atoms. The second kappa shape index (κ2) is 8.64. The first kappa shape index (κ1) is 23.3. The number of nitrogens with one attached hydrogen (secondary N) is 1. The number of nitrogens with two attached hydrogens (primary N) is 1. The van der Waals surface area contributed by atoms with Gasteiger partial charge in [0.25, 0.3) is 5.78 Å². The number of carbonyl (C=O) groups is 1. The van der Waals surface area contributed by atoms with Gasteiger partial charge in [0.05, 0.1) is 12.8 Å². The van der Waals surface area contributed by atoms with E-state index in [1.54, 1.807) is 31.4 Å². The number of hydrogen-bond acceptors (Lipinski definition) is 7. The van der Waals surface area contributed by atoms with Crippen molar-refractivity contribution in [2.45, 2.75) is 46.5 Å². The summed E-state index contributed by atoms with van der Waals surface area (Å²) in [5.41, 5.74) is 9.01. The molecule has 0 radical (unpaired) electrons. The first-order valence-electron chi connectivity index (χ1n) is 11.8. The molecule has 0 spiro atoms. The molecule has 0 saturated carbocycles. The van der Waals surface area contributed by atoms with Gasteiger partial charge in [-0.3, -0.25) is 9.32 Å². The number of rotatable bonds is 6. The number of pyridine rings is 1. The van der Waals surface area contributed by atoms with Crippen molar-refractivity contribution in [1.29, 1.82) is 0 Å². The summed E-state index contributed by atoms with van der Waals surface area (Å²) >= 11 is 1.22. The van der Waals surface area contributed by atoms with Crippen molar-refractivity contribution >= 4 is 33.0 Å². The van der Waals surface area contributed by atoms with Gasteiger partial charge in [0, 0.05) is 23.2 Å². The number of nitrogens with zero attached hydrogens (tertiary/aromatic N) is 2. The largest absolute Gasteiger partial charge is 0.497 e. The highest BCUT2D eigenvalue weighted by molar-refractivity contribution is 7.21. The first-order valence-corrected chi connectivity index (χ1v) is 12.6. The average Bonchev–Trinajstić information content (AvgIpc) is 3.41. The van der Waals surface area contributed by atoms with E-state index in [2.05, 4.69) is 32.1 Å². The molecule has 5 rings (SSSR count). The maximum atomic E-state index is 13.6. The molecule has 1 aliphatic carbocycles. The third-order valence-corrected chi connectivity index (χ3v) is 8.61. The zero-order valence-corrected chi connectivity index (χ0v) is 21.1. The molecular formula is C26H29N4O4S+. The van der Waals surface area contributed by atoms with Gasteiger partial charge < -0.3 is 10.5 Å². The van der Waals surface area contributed by atoms with E-state index in [0.29, 0.717) is 27.9 Å². The number of aromatic amines is 1. The maximum Gasteiger partial charge on any atom is 0.439 e. The summed E-state index contributed by atoms with van der Waals surface area (Å²) in [5.74, 6) is 0.730. The Kier molecular flexibility index (Phi) is 5.75. The number of hydrogen-bond donors (Lipinski definition) is 2. The lowest BCUT2D eigenvalue weighted by molar-refractivity contribution is -0.672.